The first kappa shape index (κ1) is 7.29. The Kier molecular flexibility index (Phi) is 1.78. The molecule has 0 saturated carbocycles. The number of rotatable bonds is 0. The van der Waals surface area contributed by atoms with E-state index in [2.05, 4.69) is 42.3 Å². The molecule has 2 rings (SSSR count). The molecule has 1 nitrogen and oxygen atoms in total. The summed E-state index contributed by atoms with van der Waals surface area (Å²) in [5.74, 6) is 0.427. The molecule has 0 radical (unpaired) electrons. The highest BCUT2D eigenvalue weighted by atomic mass is 14.7. The zero-order valence-corrected chi connectivity index (χ0v) is 7.07. The van der Waals surface area contributed by atoms with Gasteiger partial charge in [-0.3, -0.25) is 4.99 Å². The van der Waals surface area contributed by atoms with Crippen LogP contribution in [0.5, 0.6) is 0 Å². The number of nitrogens with zero attached hydrogens (tertiary/aromatic N) is 1. The second-order valence-corrected chi connectivity index (χ2v) is 3.03. The smallest absolute Gasteiger partial charge is 0.0270 e. The van der Waals surface area contributed by atoms with Gasteiger partial charge in [-0.05, 0) is 17.2 Å². The molecule has 12 heavy (non-hydrogen) atoms. The highest BCUT2D eigenvalue weighted by Gasteiger charge is 2.06. The van der Waals surface area contributed by atoms with E-state index < -0.39 is 0 Å². The fourth-order valence-corrected chi connectivity index (χ4v) is 1.46. The summed E-state index contributed by atoms with van der Waals surface area (Å²) in [6, 6.07) is 8.41. The molecule has 0 fully saturated rings. The third-order valence-corrected chi connectivity index (χ3v) is 2.14. The molecular formula is C11H11N. The largest absolute Gasteiger partial charge is 0.268 e. The van der Waals surface area contributed by atoms with E-state index in [-0.39, 0.29) is 0 Å². The summed E-state index contributed by atoms with van der Waals surface area (Å²) in [4.78, 5) is 4.16. The Morgan fingerprint density at radius 2 is 2.08 bits per heavy atom. The lowest BCUT2D eigenvalue weighted by Gasteiger charge is -2.07. The Hall–Kier alpha value is -1.37. The molecule has 0 aliphatic carbocycles. The molecule has 60 valence electrons. The second kappa shape index (κ2) is 2.94. The van der Waals surface area contributed by atoms with E-state index in [0.717, 1.165) is 0 Å². The van der Waals surface area contributed by atoms with Gasteiger partial charge < -0.3 is 0 Å². The summed E-state index contributed by atoms with van der Waals surface area (Å²) in [5, 5.41) is 0. The van der Waals surface area contributed by atoms with Gasteiger partial charge in [0, 0.05) is 18.3 Å². The third kappa shape index (κ3) is 1.18. The van der Waals surface area contributed by atoms with Gasteiger partial charge in [0.05, 0.1) is 0 Å². The van der Waals surface area contributed by atoms with Gasteiger partial charge in [-0.2, -0.15) is 0 Å². The minimum Gasteiger partial charge on any atom is -0.268 e. The molecule has 1 heteroatoms. The van der Waals surface area contributed by atoms with Gasteiger partial charge in [0.25, 0.3) is 0 Å². The van der Waals surface area contributed by atoms with Crippen molar-refractivity contribution in [2.45, 2.75) is 12.8 Å². The first-order chi connectivity index (χ1) is 5.88. The minimum atomic E-state index is 0.427. The molecule has 1 aliphatic heterocycles. The van der Waals surface area contributed by atoms with Crippen LogP contribution in [0.2, 0.25) is 0 Å². The van der Waals surface area contributed by atoms with Crippen molar-refractivity contribution in [1.82, 2.24) is 0 Å². The summed E-state index contributed by atoms with van der Waals surface area (Å²) >= 11 is 0. The predicted octanol–water partition coefficient (Wildman–Crippen LogP) is 2.85. The summed E-state index contributed by atoms with van der Waals surface area (Å²) in [5.41, 5.74) is 2.64. The fourth-order valence-electron chi connectivity index (χ4n) is 1.46. The van der Waals surface area contributed by atoms with E-state index >= 15 is 0 Å². The van der Waals surface area contributed by atoms with E-state index in [1.165, 1.54) is 11.1 Å². The van der Waals surface area contributed by atoms with Crippen LogP contribution < -0.4 is 0 Å². The monoisotopic (exact) mass is 157 g/mol. The predicted molar refractivity (Wildman–Crippen MR) is 52.4 cm³/mol. The van der Waals surface area contributed by atoms with Crippen molar-refractivity contribution in [2.75, 3.05) is 0 Å². The maximum atomic E-state index is 4.16. The van der Waals surface area contributed by atoms with E-state index in [4.69, 9.17) is 0 Å². The van der Waals surface area contributed by atoms with Gasteiger partial charge >= 0.3 is 0 Å². The van der Waals surface area contributed by atoms with E-state index in [0.29, 0.717) is 5.92 Å². The van der Waals surface area contributed by atoms with Crippen LogP contribution in [0.15, 0.2) is 35.5 Å². The van der Waals surface area contributed by atoms with Crippen LogP contribution in [0.3, 0.4) is 0 Å². The highest BCUT2D eigenvalue weighted by molar-refractivity contribution is 5.74. The van der Waals surface area contributed by atoms with E-state index in [1.807, 2.05) is 12.4 Å². The molecule has 1 unspecified atom stereocenters. The van der Waals surface area contributed by atoms with Gasteiger partial charge in [-0.15, -0.1) is 0 Å². The number of hydrogen-bond acceptors (Lipinski definition) is 1. The lowest BCUT2D eigenvalue weighted by molar-refractivity contribution is 1.04. The van der Waals surface area contributed by atoms with Crippen molar-refractivity contribution < 1.29 is 0 Å². The molecule has 0 N–H and O–H groups in total. The Morgan fingerprint density at radius 1 is 1.25 bits per heavy atom. The van der Waals surface area contributed by atoms with Gasteiger partial charge in [0.15, 0.2) is 0 Å². The van der Waals surface area contributed by atoms with Gasteiger partial charge in [-0.25, -0.2) is 0 Å². The Bertz CT molecular complexity index is 337. The van der Waals surface area contributed by atoms with Crippen molar-refractivity contribution in [3.8, 4) is 0 Å². The van der Waals surface area contributed by atoms with Gasteiger partial charge in [0.1, 0.15) is 0 Å². The lowest BCUT2D eigenvalue weighted by atomic mass is 9.97. The average Bonchev–Trinajstić information content (AvgIpc) is 2.29. The van der Waals surface area contributed by atoms with Crippen LogP contribution in [0.25, 0.3) is 6.08 Å². The molecule has 0 saturated heterocycles. The van der Waals surface area contributed by atoms with Crippen LogP contribution in [0.1, 0.15) is 24.0 Å². The number of aliphatic imine (C=N–C) groups is 1. The lowest BCUT2D eigenvalue weighted by Crippen LogP contribution is -1.95. The molecular weight excluding hydrogens is 146 g/mol. The molecule has 0 aromatic heterocycles. The Morgan fingerprint density at radius 3 is 3.00 bits per heavy atom. The minimum absolute atomic E-state index is 0.427. The van der Waals surface area contributed by atoms with E-state index in [1.54, 1.807) is 0 Å². The quantitative estimate of drug-likeness (QED) is 0.549. The first-order valence-electron chi connectivity index (χ1n) is 4.17. The van der Waals surface area contributed by atoms with E-state index in [9.17, 15) is 0 Å². The Balaban J connectivity index is 2.56. The third-order valence-electron chi connectivity index (χ3n) is 2.14. The van der Waals surface area contributed by atoms with Crippen LogP contribution in [-0.4, -0.2) is 6.21 Å². The fraction of sp³-hybridized carbons (Fsp3) is 0.182. The maximum absolute atomic E-state index is 4.16. The number of hydrogen-bond donors (Lipinski definition) is 0. The molecule has 0 amide bonds. The topological polar surface area (TPSA) is 12.4 Å². The van der Waals surface area contributed by atoms with Crippen molar-refractivity contribution in [1.29, 1.82) is 0 Å². The van der Waals surface area contributed by atoms with Gasteiger partial charge in [0.2, 0.25) is 0 Å². The molecule has 1 atom stereocenters. The molecule has 0 spiro atoms. The van der Waals surface area contributed by atoms with Crippen molar-refractivity contribution >= 4 is 12.3 Å². The summed E-state index contributed by atoms with van der Waals surface area (Å²) in [6.45, 7) is 2.16. The zero-order valence-electron chi connectivity index (χ0n) is 7.07. The van der Waals surface area contributed by atoms with Gasteiger partial charge in [-0.1, -0.05) is 31.2 Å². The van der Waals surface area contributed by atoms with Crippen LogP contribution in [0, 0.1) is 0 Å². The first-order valence-corrected chi connectivity index (χ1v) is 4.17. The van der Waals surface area contributed by atoms with Crippen LogP contribution >= 0.6 is 0 Å². The average molecular weight is 157 g/mol. The number of benzene rings is 1. The normalized spacial score (nSPS) is 20.2. The molecule has 1 aliphatic rings. The van der Waals surface area contributed by atoms with Crippen molar-refractivity contribution in [3.63, 3.8) is 0 Å². The summed E-state index contributed by atoms with van der Waals surface area (Å²) in [7, 11) is 0. The molecule has 1 aromatic carbocycles. The summed E-state index contributed by atoms with van der Waals surface area (Å²) < 4.78 is 0. The van der Waals surface area contributed by atoms with Crippen LogP contribution in [0.4, 0.5) is 0 Å². The molecule has 1 aromatic rings. The van der Waals surface area contributed by atoms with Crippen molar-refractivity contribution in [3.05, 3.63) is 41.6 Å². The number of fused-ring (bicyclic) bond motifs is 1. The standard InChI is InChI=1S/C11H11N/c1-9-8-12-7-6-10-4-2-3-5-11(9)10/h2-9H,1H3. The van der Waals surface area contributed by atoms with Crippen molar-refractivity contribution in [2.24, 2.45) is 4.99 Å². The zero-order chi connectivity index (χ0) is 8.39. The maximum Gasteiger partial charge on any atom is 0.0270 e. The Labute approximate surface area is 72.5 Å². The molecule has 0 bridgehead atoms. The highest BCUT2D eigenvalue weighted by Crippen LogP contribution is 2.21. The summed E-state index contributed by atoms with van der Waals surface area (Å²) in [6.07, 6.45) is 5.88. The SMILES string of the molecule is CC1C=NC=Cc2ccccc21. The molecule has 1 heterocycles. The second-order valence-electron chi connectivity index (χ2n) is 3.03. The van der Waals surface area contributed by atoms with Crippen LogP contribution in [-0.2, 0) is 0 Å².